The maximum Gasteiger partial charge on any atom is 0.418 e. The molecule has 0 bridgehead atoms. The van der Waals surface area contributed by atoms with Crippen LogP contribution in [0.4, 0.5) is 24.5 Å². The summed E-state index contributed by atoms with van der Waals surface area (Å²) in [4.78, 5) is 28.7. The van der Waals surface area contributed by atoms with Gasteiger partial charge in [-0.1, -0.05) is 0 Å². The standard InChI is InChI=1S/C20H16F3N3O4S/c21-20(22,23)12-9-11(24-18(28)15-3-1-7-29-15)5-6-13(12)25-17(27)14-10-31-19(26-14)16-4-2-8-30-16/h2,4-6,8-10,15H,1,3,7H2,(H,24,28)(H,25,27). The predicted octanol–water partition coefficient (Wildman–Crippen LogP) is 4.79. The van der Waals surface area contributed by atoms with Crippen molar-refractivity contribution in [3.8, 4) is 10.8 Å². The Labute approximate surface area is 178 Å². The van der Waals surface area contributed by atoms with Crippen molar-refractivity contribution in [2.45, 2.75) is 25.1 Å². The van der Waals surface area contributed by atoms with Crippen molar-refractivity contribution in [1.82, 2.24) is 4.98 Å². The number of hydrogen-bond donors (Lipinski definition) is 2. The van der Waals surface area contributed by atoms with E-state index in [0.717, 1.165) is 29.9 Å². The number of nitrogens with one attached hydrogen (secondary N) is 2. The van der Waals surface area contributed by atoms with E-state index in [1.165, 1.54) is 17.7 Å². The number of furan rings is 1. The van der Waals surface area contributed by atoms with Gasteiger partial charge < -0.3 is 19.8 Å². The Morgan fingerprint density at radius 3 is 2.71 bits per heavy atom. The second-order valence-corrected chi connectivity index (χ2v) is 7.58. The molecule has 1 atom stereocenters. The zero-order valence-electron chi connectivity index (χ0n) is 15.9. The quantitative estimate of drug-likeness (QED) is 0.582. The average molecular weight is 451 g/mol. The molecule has 3 heterocycles. The molecule has 3 aromatic rings. The SMILES string of the molecule is O=C(Nc1ccc(NC(=O)C2CCCO2)cc1C(F)(F)F)c1csc(-c2ccco2)n1. The maximum absolute atomic E-state index is 13.6. The Kier molecular flexibility index (Phi) is 5.79. The monoisotopic (exact) mass is 451 g/mol. The summed E-state index contributed by atoms with van der Waals surface area (Å²) in [5, 5.41) is 6.53. The molecule has 7 nitrogen and oxygen atoms in total. The average Bonchev–Trinajstić information content (AvgIpc) is 3.49. The first-order valence-electron chi connectivity index (χ1n) is 9.26. The molecular formula is C20H16F3N3O4S. The Morgan fingerprint density at radius 1 is 1.19 bits per heavy atom. The third kappa shape index (κ3) is 4.78. The number of amides is 2. The molecule has 0 saturated carbocycles. The van der Waals surface area contributed by atoms with Crippen LogP contribution in [-0.2, 0) is 15.7 Å². The normalized spacial score (nSPS) is 16.3. The molecule has 1 aliphatic heterocycles. The van der Waals surface area contributed by atoms with Crippen LogP contribution in [0.5, 0.6) is 0 Å². The Hall–Kier alpha value is -3.18. The molecule has 1 saturated heterocycles. The molecule has 2 amide bonds. The zero-order chi connectivity index (χ0) is 22.0. The molecule has 4 rings (SSSR count). The van der Waals surface area contributed by atoms with Crippen LogP contribution in [0.3, 0.4) is 0 Å². The maximum atomic E-state index is 13.6. The van der Waals surface area contributed by atoms with Gasteiger partial charge in [0.15, 0.2) is 10.8 Å². The highest BCUT2D eigenvalue weighted by molar-refractivity contribution is 7.13. The number of carbonyl (C=O) groups excluding carboxylic acids is 2. The van der Waals surface area contributed by atoms with Crippen LogP contribution in [-0.4, -0.2) is 29.5 Å². The van der Waals surface area contributed by atoms with E-state index in [-0.39, 0.29) is 11.4 Å². The first-order chi connectivity index (χ1) is 14.8. The van der Waals surface area contributed by atoms with Crippen molar-refractivity contribution in [2.75, 3.05) is 17.2 Å². The number of halogens is 3. The van der Waals surface area contributed by atoms with Gasteiger partial charge in [-0.3, -0.25) is 9.59 Å². The number of alkyl halides is 3. The van der Waals surface area contributed by atoms with Gasteiger partial charge in [0.2, 0.25) is 0 Å². The molecular weight excluding hydrogens is 435 g/mol. The van der Waals surface area contributed by atoms with Crippen LogP contribution in [0, 0.1) is 0 Å². The fraction of sp³-hybridized carbons (Fsp3) is 0.250. The van der Waals surface area contributed by atoms with Crippen molar-refractivity contribution >= 4 is 34.5 Å². The molecule has 162 valence electrons. The smallest absolute Gasteiger partial charge is 0.418 e. The van der Waals surface area contributed by atoms with E-state index in [9.17, 15) is 22.8 Å². The van der Waals surface area contributed by atoms with E-state index in [2.05, 4.69) is 15.6 Å². The fourth-order valence-corrected chi connectivity index (χ4v) is 3.82. The van der Waals surface area contributed by atoms with Gasteiger partial charge in [-0.2, -0.15) is 13.2 Å². The van der Waals surface area contributed by atoms with Gasteiger partial charge in [0.05, 0.1) is 17.5 Å². The van der Waals surface area contributed by atoms with E-state index in [1.54, 1.807) is 12.1 Å². The number of aromatic nitrogens is 1. The number of nitrogens with zero attached hydrogens (tertiary/aromatic N) is 1. The van der Waals surface area contributed by atoms with E-state index in [4.69, 9.17) is 9.15 Å². The lowest BCUT2D eigenvalue weighted by atomic mass is 10.1. The molecule has 2 N–H and O–H groups in total. The van der Waals surface area contributed by atoms with Gasteiger partial charge in [0, 0.05) is 17.7 Å². The highest BCUT2D eigenvalue weighted by Crippen LogP contribution is 2.37. The molecule has 1 fully saturated rings. The first-order valence-corrected chi connectivity index (χ1v) is 10.1. The molecule has 31 heavy (non-hydrogen) atoms. The lowest BCUT2D eigenvalue weighted by Crippen LogP contribution is -2.27. The molecule has 0 spiro atoms. The number of thiazole rings is 1. The Bertz CT molecular complexity index is 1090. The fourth-order valence-electron chi connectivity index (χ4n) is 3.05. The lowest BCUT2D eigenvalue weighted by molar-refractivity contribution is -0.137. The molecule has 1 aromatic carbocycles. The summed E-state index contributed by atoms with van der Waals surface area (Å²) in [6.07, 6.45) is -2.75. The highest BCUT2D eigenvalue weighted by Gasteiger charge is 2.35. The van der Waals surface area contributed by atoms with Crippen molar-refractivity contribution < 1.29 is 31.9 Å². The van der Waals surface area contributed by atoms with Gasteiger partial charge in [0.1, 0.15) is 11.8 Å². The summed E-state index contributed by atoms with van der Waals surface area (Å²) in [6, 6.07) is 6.47. The first kappa shape index (κ1) is 21.1. The summed E-state index contributed by atoms with van der Waals surface area (Å²) in [7, 11) is 0. The van der Waals surface area contributed by atoms with Crippen LogP contribution in [0.15, 0.2) is 46.4 Å². The van der Waals surface area contributed by atoms with Crippen LogP contribution >= 0.6 is 11.3 Å². The van der Waals surface area contributed by atoms with Crippen LogP contribution in [0.1, 0.15) is 28.9 Å². The minimum atomic E-state index is -4.76. The van der Waals surface area contributed by atoms with Crippen molar-refractivity contribution in [3.63, 3.8) is 0 Å². The van der Waals surface area contributed by atoms with E-state index < -0.39 is 35.3 Å². The summed E-state index contributed by atoms with van der Waals surface area (Å²) in [6.45, 7) is 0.440. The molecule has 1 unspecified atom stereocenters. The molecule has 0 aliphatic carbocycles. The van der Waals surface area contributed by atoms with Gasteiger partial charge in [-0.05, 0) is 43.2 Å². The highest BCUT2D eigenvalue weighted by atomic mass is 32.1. The summed E-state index contributed by atoms with van der Waals surface area (Å²) in [5.74, 6) is -0.850. The van der Waals surface area contributed by atoms with E-state index in [1.807, 2.05) is 0 Å². The number of benzene rings is 1. The second kappa shape index (κ2) is 8.52. The van der Waals surface area contributed by atoms with Crippen LogP contribution in [0.25, 0.3) is 10.8 Å². The minimum Gasteiger partial charge on any atom is -0.462 e. The molecule has 11 heteroatoms. The number of anilines is 2. The van der Waals surface area contributed by atoms with Crippen molar-refractivity contribution in [2.24, 2.45) is 0 Å². The number of rotatable bonds is 5. The lowest BCUT2D eigenvalue weighted by Gasteiger charge is -2.16. The summed E-state index contributed by atoms with van der Waals surface area (Å²) in [5.41, 5.74) is -1.62. The van der Waals surface area contributed by atoms with Crippen molar-refractivity contribution in [3.05, 3.63) is 53.2 Å². The third-order valence-electron chi connectivity index (χ3n) is 4.53. The zero-order valence-corrected chi connectivity index (χ0v) is 16.7. The van der Waals surface area contributed by atoms with Crippen LogP contribution in [0.2, 0.25) is 0 Å². The Morgan fingerprint density at radius 2 is 2.03 bits per heavy atom. The molecule has 2 aromatic heterocycles. The van der Waals surface area contributed by atoms with Gasteiger partial charge in [-0.25, -0.2) is 4.98 Å². The van der Waals surface area contributed by atoms with Gasteiger partial charge in [-0.15, -0.1) is 11.3 Å². The van der Waals surface area contributed by atoms with E-state index in [0.29, 0.717) is 23.8 Å². The van der Waals surface area contributed by atoms with E-state index >= 15 is 0 Å². The van der Waals surface area contributed by atoms with Gasteiger partial charge >= 0.3 is 6.18 Å². The predicted molar refractivity (Wildman–Crippen MR) is 107 cm³/mol. The summed E-state index contributed by atoms with van der Waals surface area (Å²) < 4.78 is 51.2. The topological polar surface area (TPSA) is 93.5 Å². The third-order valence-corrected chi connectivity index (χ3v) is 5.39. The minimum absolute atomic E-state index is 0.0414. The number of carbonyl (C=O) groups is 2. The largest absolute Gasteiger partial charge is 0.462 e. The number of hydrogen-bond acceptors (Lipinski definition) is 6. The molecule has 1 aliphatic rings. The Balaban J connectivity index is 1.53. The molecule has 0 radical (unpaired) electrons. The summed E-state index contributed by atoms with van der Waals surface area (Å²) >= 11 is 1.13. The van der Waals surface area contributed by atoms with Crippen LogP contribution < -0.4 is 10.6 Å². The van der Waals surface area contributed by atoms with Crippen molar-refractivity contribution in [1.29, 1.82) is 0 Å². The number of ether oxygens (including phenoxy) is 1. The van der Waals surface area contributed by atoms with Gasteiger partial charge in [0.25, 0.3) is 11.8 Å². The second-order valence-electron chi connectivity index (χ2n) is 6.72.